The number of carbonyl (C=O) groups excluding carboxylic acids is 1. The first-order chi connectivity index (χ1) is 10.1. The predicted molar refractivity (Wildman–Crippen MR) is 80.1 cm³/mol. The summed E-state index contributed by atoms with van der Waals surface area (Å²) < 4.78 is 0. The van der Waals surface area contributed by atoms with Crippen LogP contribution in [0.4, 0.5) is 5.82 Å². The average molecular weight is 285 g/mol. The minimum absolute atomic E-state index is 0.115. The highest BCUT2D eigenvalue weighted by Crippen LogP contribution is 2.35. The number of rotatable bonds is 1. The summed E-state index contributed by atoms with van der Waals surface area (Å²) in [6, 6.07) is 1.97. The number of H-pyrrole nitrogens is 1. The standard InChI is InChI=1S/C15H19N5O/c1-9-17-12-3-5-16-13(12)14(18-9)20-7-10-4-6-19(2)15(21)11(10)8-20/h3,5,10-11,16H,4,6-8H2,1-2H3/t10-,11+/m1/s1. The minimum atomic E-state index is 0.115. The third-order valence-electron chi connectivity index (χ3n) is 4.77. The number of aryl methyl sites for hydroxylation is 1. The maximum atomic E-state index is 12.3. The molecular formula is C15H19N5O. The summed E-state index contributed by atoms with van der Waals surface area (Å²) in [4.78, 5) is 28.7. The number of fused-ring (bicyclic) bond motifs is 2. The van der Waals surface area contributed by atoms with Crippen molar-refractivity contribution in [2.75, 3.05) is 31.6 Å². The molecule has 2 aromatic rings. The molecule has 2 aliphatic heterocycles. The molecule has 6 heteroatoms. The smallest absolute Gasteiger partial charge is 0.227 e. The molecule has 1 N–H and O–H groups in total. The van der Waals surface area contributed by atoms with E-state index in [9.17, 15) is 4.79 Å². The van der Waals surface area contributed by atoms with Crippen LogP contribution in [0.5, 0.6) is 0 Å². The monoisotopic (exact) mass is 285 g/mol. The van der Waals surface area contributed by atoms with Crippen molar-refractivity contribution in [3.63, 3.8) is 0 Å². The van der Waals surface area contributed by atoms with Gasteiger partial charge < -0.3 is 14.8 Å². The maximum absolute atomic E-state index is 12.3. The number of anilines is 1. The maximum Gasteiger partial charge on any atom is 0.227 e. The highest BCUT2D eigenvalue weighted by Gasteiger charge is 2.42. The third-order valence-corrected chi connectivity index (χ3v) is 4.77. The number of carbonyl (C=O) groups is 1. The summed E-state index contributed by atoms with van der Waals surface area (Å²) in [6.07, 6.45) is 2.98. The zero-order valence-corrected chi connectivity index (χ0v) is 12.3. The van der Waals surface area contributed by atoms with Crippen LogP contribution in [0.15, 0.2) is 12.3 Å². The summed E-state index contributed by atoms with van der Waals surface area (Å²) in [7, 11) is 1.90. The Morgan fingerprint density at radius 2 is 2.19 bits per heavy atom. The van der Waals surface area contributed by atoms with Crippen LogP contribution in [0.3, 0.4) is 0 Å². The van der Waals surface area contributed by atoms with Crippen molar-refractivity contribution in [1.29, 1.82) is 0 Å². The topological polar surface area (TPSA) is 65.1 Å². The minimum Gasteiger partial charge on any atom is -0.357 e. The lowest BCUT2D eigenvalue weighted by atomic mass is 9.88. The van der Waals surface area contributed by atoms with Crippen molar-refractivity contribution < 1.29 is 4.79 Å². The number of likely N-dealkylation sites (tertiary alicyclic amines) is 1. The van der Waals surface area contributed by atoms with E-state index >= 15 is 0 Å². The molecule has 2 saturated heterocycles. The van der Waals surface area contributed by atoms with Crippen molar-refractivity contribution in [2.24, 2.45) is 11.8 Å². The van der Waals surface area contributed by atoms with E-state index in [1.807, 2.05) is 31.1 Å². The van der Waals surface area contributed by atoms with Crippen molar-refractivity contribution in [3.8, 4) is 0 Å². The molecule has 2 aromatic heterocycles. The van der Waals surface area contributed by atoms with Gasteiger partial charge in [0, 0.05) is 32.9 Å². The molecule has 6 nitrogen and oxygen atoms in total. The molecule has 0 aromatic carbocycles. The van der Waals surface area contributed by atoms with Gasteiger partial charge in [0.2, 0.25) is 5.91 Å². The fourth-order valence-electron chi connectivity index (χ4n) is 3.64. The Balaban J connectivity index is 1.71. The molecule has 2 aliphatic rings. The van der Waals surface area contributed by atoms with E-state index in [4.69, 9.17) is 0 Å². The third kappa shape index (κ3) is 1.89. The van der Waals surface area contributed by atoms with E-state index in [-0.39, 0.29) is 11.8 Å². The molecule has 0 aliphatic carbocycles. The molecule has 0 bridgehead atoms. The molecule has 4 heterocycles. The van der Waals surface area contributed by atoms with E-state index < -0.39 is 0 Å². The van der Waals surface area contributed by atoms with Gasteiger partial charge in [-0.15, -0.1) is 0 Å². The van der Waals surface area contributed by atoms with E-state index in [1.54, 1.807) is 0 Å². The molecule has 0 saturated carbocycles. The number of aromatic amines is 1. The van der Waals surface area contributed by atoms with Gasteiger partial charge in [0.15, 0.2) is 5.82 Å². The molecular weight excluding hydrogens is 266 g/mol. The van der Waals surface area contributed by atoms with E-state index in [0.717, 1.165) is 48.7 Å². The van der Waals surface area contributed by atoms with E-state index in [0.29, 0.717) is 5.92 Å². The Bertz CT molecular complexity index is 709. The summed E-state index contributed by atoms with van der Waals surface area (Å²) >= 11 is 0. The average Bonchev–Trinajstić information content (AvgIpc) is 3.08. The summed E-state index contributed by atoms with van der Waals surface area (Å²) in [5, 5.41) is 0. The molecule has 2 fully saturated rings. The molecule has 2 atom stereocenters. The van der Waals surface area contributed by atoms with Crippen molar-refractivity contribution in [3.05, 3.63) is 18.1 Å². The molecule has 0 unspecified atom stereocenters. The summed E-state index contributed by atoms with van der Waals surface area (Å²) in [5.41, 5.74) is 1.91. The molecule has 0 spiro atoms. The quantitative estimate of drug-likeness (QED) is 0.854. The summed E-state index contributed by atoms with van der Waals surface area (Å²) in [6.45, 7) is 4.46. The Morgan fingerprint density at radius 3 is 3.05 bits per heavy atom. The van der Waals surface area contributed by atoms with Gasteiger partial charge in [-0.25, -0.2) is 9.97 Å². The normalized spacial score (nSPS) is 25.7. The first-order valence-corrected chi connectivity index (χ1v) is 7.45. The van der Waals surface area contributed by atoms with E-state index in [2.05, 4.69) is 19.9 Å². The molecule has 110 valence electrons. The Kier molecular flexibility index (Phi) is 2.67. The SMILES string of the molecule is Cc1nc(N2C[C@H]3CCN(C)C(=O)[C@H]3C2)c2[nH]ccc2n1. The van der Waals surface area contributed by atoms with Gasteiger partial charge in [0.05, 0.1) is 11.4 Å². The fourth-order valence-corrected chi connectivity index (χ4v) is 3.64. The Hall–Kier alpha value is -2.11. The van der Waals surface area contributed by atoms with Crippen LogP contribution in [0.25, 0.3) is 11.0 Å². The van der Waals surface area contributed by atoms with E-state index in [1.165, 1.54) is 0 Å². The van der Waals surface area contributed by atoms with Crippen LogP contribution in [0.1, 0.15) is 12.2 Å². The summed E-state index contributed by atoms with van der Waals surface area (Å²) in [5.74, 6) is 2.56. The number of nitrogens with zero attached hydrogens (tertiary/aromatic N) is 4. The second-order valence-electron chi connectivity index (χ2n) is 6.15. The molecule has 21 heavy (non-hydrogen) atoms. The zero-order valence-electron chi connectivity index (χ0n) is 12.3. The van der Waals surface area contributed by atoms with Crippen LogP contribution in [0, 0.1) is 18.8 Å². The van der Waals surface area contributed by atoms with Gasteiger partial charge >= 0.3 is 0 Å². The second kappa shape index (κ2) is 4.44. The number of amides is 1. The number of nitrogens with one attached hydrogen (secondary N) is 1. The lowest BCUT2D eigenvalue weighted by Gasteiger charge is -2.30. The first-order valence-electron chi connectivity index (χ1n) is 7.45. The highest BCUT2D eigenvalue weighted by molar-refractivity contribution is 5.87. The van der Waals surface area contributed by atoms with Crippen molar-refractivity contribution in [1.82, 2.24) is 19.9 Å². The van der Waals surface area contributed by atoms with Crippen molar-refractivity contribution >= 4 is 22.8 Å². The van der Waals surface area contributed by atoms with Gasteiger partial charge in [-0.3, -0.25) is 4.79 Å². The fraction of sp³-hybridized carbons (Fsp3) is 0.533. The number of aromatic nitrogens is 3. The predicted octanol–water partition coefficient (Wildman–Crippen LogP) is 1.18. The lowest BCUT2D eigenvalue weighted by Crippen LogP contribution is -2.42. The van der Waals surface area contributed by atoms with Gasteiger partial charge in [-0.2, -0.15) is 0 Å². The molecule has 1 amide bonds. The van der Waals surface area contributed by atoms with Crippen LogP contribution in [-0.2, 0) is 4.79 Å². The zero-order chi connectivity index (χ0) is 14.6. The number of hydrogen-bond donors (Lipinski definition) is 1. The van der Waals surface area contributed by atoms with Gasteiger partial charge in [0.25, 0.3) is 0 Å². The van der Waals surface area contributed by atoms with Crippen LogP contribution in [0.2, 0.25) is 0 Å². The highest BCUT2D eigenvalue weighted by atomic mass is 16.2. The van der Waals surface area contributed by atoms with Gasteiger partial charge in [-0.05, 0) is 25.3 Å². The Labute approximate surface area is 123 Å². The molecule has 4 rings (SSSR count). The van der Waals surface area contributed by atoms with Gasteiger partial charge in [-0.1, -0.05) is 0 Å². The van der Waals surface area contributed by atoms with Crippen LogP contribution < -0.4 is 4.90 Å². The Morgan fingerprint density at radius 1 is 1.33 bits per heavy atom. The van der Waals surface area contributed by atoms with Crippen molar-refractivity contribution in [2.45, 2.75) is 13.3 Å². The second-order valence-corrected chi connectivity index (χ2v) is 6.15. The van der Waals surface area contributed by atoms with Crippen LogP contribution >= 0.6 is 0 Å². The van der Waals surface area contributed by atoms with Gasteiger partial charge in [0.1, 0.15) is 11.3 Å². The number of hydrogen-bond acceptors (Lipinski definition) is 4. The molecule has 0 radical (unpaired) electrons. The largest absolute Gasteiger partial charge is 0.357 e. The van der Waals surface area contributed by atoms with Crippen LogP contribution in [-0.4, -0.2) is 52.4 Å². The first kappa shape index (κ1) is 12.6. The lowest BCUT2D eigenvalue weighted by molar-refractivity contribution is -0.137. The number of piperidine rings is 1.